The van der Waals surface area contributed by atoms with Crippen molar-refractivity contribution in [3.63, 3.8) is 0 Å². The number of hydrogen-bond acceptors (Lipinski definition) is 4. The van der Waals surface area contributed by atoms with E-state index in [4.69, 9.17) is 4.74 Å². The Bertz CT molecular complexity index is 278. The van der Waals surface area contributed by atoms with E-state index in [9.17, 15) is 5.11 Å². The van der Waals surface area contributed by atoms with Crippen LogP contribution in [0, 0.1) is 5.41 Å². The number of morpholine rings is 1. The molecule has 1 heterocycles. The molecule has 20 heavy (non-hydrogen) atoms. The highest BCUT2D eigenvalue weighted by Crippen LogP contribution is 2.37. The van der Waals surface area contributed by atoms with Crippen molar-refractivity contribution in [2.75, 3.05) is 39.5 Å². The highest BCUT2D eigenvalue weighted by atomic mass is 16.5. The first-order valence-corrected chi connectivity index (χ1v) is 8.31. The summed E-state index contributed by atoms with van der Waals surface area (Å²) in [5.74, 6) is 0. The largest absolute Gasteiger partial charge is 0.395 e. The first-order valence-electron chi connectivity index (χ1n) is 8.31. The van der Waals surface area contributed by atoms with Crippen LogP contribution < -0.4 is 5.32 Å². The highest BCUT2D eigenvalue weighted by Gasteiger charge is 2.36. The van der Waals surface area contributed by atoms with E-state index in [0.717, 1.165) is 26.2 Å². The number of aliphatic hydroxyl groups is 1. The molecule has 0 aromatic rings. The van der Waals surface area contributed by atoms with Gasteiger partial charge in [0, 0.05) is 25.7 Å². The van der Waals surface area contributed by atoms with Crippen LogP contribution in [-0.4, -0.2) is 61.5 Å². The molecule has 2 aliphatic rings. The molecule has 0 aromatic carbocycles. The summed E-state index contributed by atoms with van der Waals surface area (Å²) in [6.07, 6.45) is 6.74. The minimum absolute atomic E-state index is 0.196. The maximum atomic E-state index is 9.56. The molecule has 1 saturated carbocycles. The number of ether oxygens (including phenoxy) is 1. The van der Waals surface area contributed by atoms with Crippen molar-refractivity contribution in [3.8, 4) is 0 Å². The van der Waals surface area contributed by atoms with Gasteiger partial charge < -0.3 is 15.2 Å². The zero-order valence-electron chi connectivity index (χ0n) is 13.2. The average molecular weight is 284 g/mol. The van der Waals surface area contributed by atoms with E-state index >= 15 is 0 Å². The summed E-state index contributed by atoms with van der Waals surface area (Å²) < 4.78 is 5.51. The van der Waals surface area contributed by atoms with Gasteiger partial charge in [-0.2, -0.15) is 0 Å². The lowest BCUT2D eigenvalue weighted by molar-refractivity contribution is -0.0498. The van der Waals surface area contributed by atoms with Crippen molar-refractivity contribution >= 4 is 0 Å². The van der Waals surface area contributed by atoms with E-state index in [1.807, 2.05) is 0 Å². The molecule has 1 aliphatic carbocycles. The molecule has 2 fully saturated rings. The van der Waals surface area contributed by atoms with Gasteiger partial charge in [0.1, 0.15) is 0 Å². The van der Waals surface area contributed by atoms with Gasteiger partial charge in [0.25, 0.3) is 0 Å². The molecule has 1 atom stereocenters. The fourth-order valence-corrected chi connectivity index (χ4v) is 3.61. The Morgan fingerprint density at radius 1 is 1.30 bits per heavy atom. The number of rotatable bonds is 6. The normalized spacial score (nSPS) is 27.9. The molecule has 0 radical (unpaired) electrons. The monoisotopic (exact) mass is 284 g/mol. The first-order chi connectivity index (χ1) is 9.65. The standard InChI is InChI=1S/C16H32N2O2/c1-14(2)17-12-16(6-4-3-5-7-16)13-18-8-9-20-11-15(18)10-19/h14-15,17,19H,3-13H2,1-2H3. The Kier molecular flexibility index (Phi) is 6.27. The van der Waals surface area contributed by atoms with Crippen LogP contribution in [0.3, 0.4) is 0 Å². The van der Waals surface area contributed by atoms with E-state index in [-0.39, 0.29) is 12.6 Å². The van der Waals surface area contributed by atoms with Crippen LogP contribution in [0.15, 0.2) is 0 Å². The van der Waals surface area contributed by atoms with Crippen molar-refractivity contribution in [2.24, 2.45) is 5.41 Å². The lowest BCUT2D eigenvalue weighted by Crippen LogP contribution is -2.54. The second-order valence-corrected chi connectivity index (χ2v) is 6.98. The lowest BCUT2D eigenvalue weighted by Gasteiger charge is -2.45. The van der Waals surface area contributed by atoms with Gasteiger partial charge in [-0.1, -0.05) is 33.1 Å². The number of hydrogen-bond donors (Lipinski definition) is 2. The number of nitrogens with zero attached hydrogens (tertiary/aromatic N) is 1. The predicted molar refractivity (Wildman–Crippen MR) is 81.9 cm³/mol. The summed E-state index contributed by atoms with van der Waals surface area (Å²) in [4.78, 5) is 2.47. The first kappa shape index (κ1) is 16.2. The molecule has 1 saturated heterocycles. The quantitative estimate of drug-likeness (QED) is 0.778. The van der Waals surface area contributed by atoms with Gasteiger partial charge in [0.2, 0.25) is 0 Å². The third-order valence-corrected chi connectivity index (χ3v) is 4.90. The van der Waals surface area contributed by atoms with Crippen molar-refractivity contribution in [2.45, 2.75) is 58.0 Å². The molecule has 2 rings (SSSR count). The summed E-state index contributed by atoms with van der Waals surface area (Å²) in [5.41, 5.74) is 0.396. The maximum Gasteiger partial charge on any atom is 0.0644 e. The van der Waals surface area contributed by atoms with Crippen LogP contribution in [0.4, 0.5) is 0 Å². The fourth-order valence-electron chi connectivity index (χ4n) is 3.61. The summed E-state index contributed by atoms with van der Waals surface area (Å²) in [7, 11) is 0. The van der Waals surface area contributed by atoms with Crippen molar-refractivity contribution in [1.82, 2.24) is 10.2 Å². The van der Waals surface area contributed by atoms with Crippen molar-refractivity contribution in [1.29, 1.82) is 0 Å². The van der Waals surface area contributed by atoms with Gasteiger partial charge >= 0.3 is 0 Å². The maximum absolute atomic E-state index is 9.56. The third-order valence-electron chi connectivity index (χ3n) is 4.90. The van der Waals surface area contributed by atoms with Crippen LogP contribution >= 0.6 is 0 Å². The smallest absolute Gasteiger partial charge is 0.0644 e. The summed E-state index contributed by atoms with van der Waals surface area (Å²) >= 11 is 0. The summed E-state index contributed by atoms with van der Waals surface area (Å²) in [6.45, 7) is 9.35. The van der Waals surface area contributed by atoms with Crippen LogP contribution in [0.5, 0.6) is 0 Å². The molecule has 4 nitrogen and oxygen atoms in total. The minimum Gasteiger partial charge on any atom is -0.395 e. The Balaban J connectivity index is 1.98. The van der Waals surface area contributed by atoms with Gasteiger partial charge in [0.15, 0.2) is 0 Å². The molecule has 2 N–H and O–H groups in total. The molecule has 0 spiro atoms. The van der Waals surface area contributed by atoms with Crippen molar-refractivity contribution in [3.05, 3.63) is 0 Å². The fraction of sp³-hybridized carbons (Fsp3) is 1.00. The van der Waals surface area contributed by atoms with E-state index in [0.29, 0.717) is 18.1 Å². The highest BCUT2D eigenvalue weighted by molar-refractivity contribution is 4.90. The summed E-state index contributed by atoms with van der Waals surface area (Å²) in [5, 5.41) is 13.2. The molecular formula is C16H32N2O2. The Labute approximate surface area is 123 Å². The Hall–Kier alpha value is -0.160. The van der Waals surface area contributed by atoms with Gasteiger partial charge in [-0.25, -0.2) is 0 Å². The second-order valence-electron chi connectivity index (χ2n) is 6.98. The third kappa shape index (κ3) is 4.42. The molecule has 0 amide bonds. The predicted octanol–water partition coefficient (Wildman–Crippen LogP) is 1.63. The Morgan fingerprint density at radius 3 is 2.70 bits per heavy atom. The van der Waals surface area contributed by atoms with Gasteiger partial charge in [0.05, 0.1) is 25.9 Å². The van der Waals surface area contributed by atoms with Crippen LogP contribution in [0.25, 0.3) is 0 Å². The van der Waals surface area contributed by atoms with Crippen molar-refractivity contribution < 1.29 is 9.84 Å². The number of nitrogens with one attached hydrogen (secondary N) is 1. The van der Waals surface area contributed by atoms with Gasteiger partial charge in [-0.05, 0) is 18.3 Å². The molecule has 1 aliphatic heterocycles. The molecule has 4 heteroatoms. The van der Waals surface area contributed by atoms with E-state index in [1.165, 1.54) is 32.1 Å². The van der Waals surface area contributed by atoms with Crippen LogP contribution in [0.1, 0.15) is 46.0 Å². The van der Waals surface area contributed by atoms with Gasteiger partial charge in [-0.3, -0.25) is 4.90 Å². The average Bonchev–Trinajstić information content (AvgIpc) is 2.47. The van der Waals surface area contributed by atoms with Crippen LogP contribution in [-0.2, 0) is 4.74 Å². The van der Waals surface area contributed by atoms with E-state index < -0.39 is 0 Å². The van der Waals surface area contributed by atoms with Crippen LogP contribution in [0.2, 0.25) is 0 Å². The molecular weight excluding hydrogens is 252 g/mol. The minimum atomic E-state index is 0.196. The zero-order valence-corrected chi connectivity index (χ0v) is 13.2. The van der Waals surface area contributed by atoms with Gasteiger partial charge in [-0.15, -0.1) is 0 Å². The molecule has 0 bridgehead atoms. The SMILES string of the molecule is CC(C)NCC1(CN2CCOCC2CO)CCCCC1. The van der Waals surface area contributed by atoms with E-state index in [1.54, 1.807) is 0 Å². The lowest BCUT2D eigenvalue weighted by atomic mass is 9.73. The number of aliphatic hydroxyl groups excluding tert-OH is 1. The zero-order chi connectivity index (χ0) is 14.4. The molecule has 0 aromatic heterocycles. The topological polar surface area (TPSA) is 44.7 Å². The second kappa shape index (κ2) is 7.74. The Morgan fingerprint density at radius 2 is 2.05 bits per heavy atom. The molecule has 1 unspecified atom stereocenters. The van der Waals surface area contributed by atoms with E-state index in [2.05, 4.69) is 24.1 Å². The molecule has 118 valence electrons. The summed E-state index contributed by atoms with van der Waals surface area (Å²) in [6, 6.07) is 0.744.